The molecule has 30 heavy (non-hydrogen) atoms. The maximum Gasteiger partial charge on any atom is 0.223 e. The number of aryl methyl sites for hydroxylation is 2. The second-order valence-electron chi connectivity index (χ2n) is 7.60. The Hall–Kier alpha value is -2.80. The topological polar surface area (TPSA) is 71.3 Å². The van der Waals surface area contributed by atoms with Gasteiger partial charge >= 0.3 is 0 Å². The minimum Gasteiger partial charge on any atom is -0.465 e. The Morgan fingerprint density at radius 1 is 1.17 bits per heavy atom. The van der Waals surface area contributed by atoms with Crippen LogP contribution in [-0.4, -0.2) is 29.0 Å². The first-order valence-electron chi connectivity index (χ1n) is 10.2. The van der Waals surface area contributed by atoms with Gasteiger partial charge in [-0.15, -0.1) is 0 Å². The molecule has 0 saturated carbocycles. The van der Waals surface area contributed by atoms with E-state index in [0.29, 0.717) is 6.54 Å². The lowest BCUT2D eigenvalue weighted by Gasteiger charge is -2.32. The molecule has 4 rings (SSSR count). The van der Waals surface area contributed by atoms with Crippen molar-refractivity contribution < 1.29 is 9.21 Å². The first-order chi connectivity index (χ1) is 14.6. The van der Waals surface area contributed by atoms with Crippen LogP contribution in [0, 0.1) is 19.8 Å². The average molecular weight is 423 g/mol. The number of amides is 1. The van der Waals surface area contributed by atoms with Crippen molar-refractivity contribution in [3.8, 4) is 0 Å². The summed E-state index contributed by atoms with van der Waals surface area (Å²) in [5.41, 5.74) is 1.22. The molecule has 0 radical (unpaired) electrons. The van der Waals surface area contributed by atoms with Crippen LogP contribution in [0.3, 0.4) is 0 Å². The highest BCUT2D eigenvalue weighted by Gasteiger charge is 2.27. The Morgan fingerprint density at radius 3 is 2.70 bits per heavy atom. The fourth-order valence-corrected chi connectivity index (χ4v) is 4.65. The fourth-order valence-electron chi connectivity index (χ4n) is 3.65. The highest BCUT2D eigenvalue weighted by molar-refractivity contribution is 7.99. The molecule has 6 nitrogen and oxygen atoms in total. The van der Waals surface area contributed by atoms with Gasteiger partial charge in [-0.3, -0.25) is 4.79 Å². The molecule has 156 valence electrons. The Labute approximate surface area is 181 Å². The SMILES string of the molecule is Cc1cccc(Sc2nccnc2N2CCC(C(=O)NCc3ccc(C)o3)CC2)c1. The van der Waals surface area contributed by atoms with E-state index >= 15 is 0 Å². The average Bonchev–Trinajstić information content (AvgIpc) is 3.18. The van der Waals surface area contributed by atoms with Crippen LogP contribution >= 0.6 is 11.8 Å². The maximum atomic E-state index is 12.6. The van der Waals surface area contributed by atoms with Gasteiger partial charge in [-0.1, -0.05) is 29.5 Å². The van der Waals surface area contributed by atoms with Crippen molar-refractivity contribution in [2.24, 2.45) is 5.92 Å². The molecule has 3 aromatic rings. The van der Waals surface area contributed by atoms with Gasteiger partial charge in [0.2, 0.25) is 5.91 Å². The molecule has 1 aliphatic rings. The lowest BCUT2D eigenvalue weighted by Crippen LogP contribution is -2.40. The van der Waals surface area contributed by atoms with Gasteiger partial charge in [0, 0.05) is 36.3 Å². The van der Waals surface area contributed by atoms with E-state index in [4.69, 9.17) is 4.42 Å². The zero-order valence-electron chi connectivity index (χ0n) is 17.3. The number of anilines is 1. The standard InChI is InChI=1S/C23H26N4O2S/c1-16-4-3-5-20(14-16)30-23-21(24-10-11-25-23)27-12-8-18(9-13-27)22(28)26-15-19-7-6-17(2)29-19/h3-7,10-11,14,18H,8-9,12-13,15H2,1-2H3,(H,26,28). The first kappa shape index (κ1) is 20.5. The highest BCUT2D eigenvalue weighted by atomic mass is 32.2. The molecule has 7 heteroatoms. The summed E-state index contributed by atoms with van der Waals surface area (Å²) in [6.45, 7) is 6.01. The van der Waals surface area contributed by atoms with Crippen LogP contribution < -0.4 is 10.2 Å². The number of hydrogen-bond donors (Lipinski definition) is 1. The molecule has 1 N–H and O–H groups in total. The van der Waals surface area contributed by atoms with Crippen LogP contribution in [0.4, 0.5) is 5.82 Å². The van der Waals surface area contributed by atoms with Gasteiger partial charge in [0.1, 0.15) is 16.5 Å². The summed E-state index contributed by atoms with van der Waals surface area (Å²) in [5.74, 6) is 2.65. The van der Waals surface area contributed by atoms with Crippen LogP contribution in [0.15, 0.2) is 63.1 Å². The lowest BCUT2D eigenvalue weighted by molar-refractivity contribution is -0.125. The second kappa shape index (κ2) is 9.34. The smallest absolute Gasteiger partial charge is 0.223 e. The number of benzene rings is 1. The monoisotopic (exact) mass is 422 g/mol. The van der Waals surface area contributed by atoms with Crippen LogP contribution in [-0.2, 0) is 11.3 Å². The summed E-state index contributed by atoms with van der Waals surface area (Å²) in [5, 5.41) is 3.90. The minimum absolute atomic E-state index is 0.0156. The van der Waals surface area contributed by atoms with Gasteiger partial charge in [0.15, 0.2) is 5.82 Å². The Kier molecular flexibility index (Phi) is 6.38. The van der Waals surface area contributed by atoms with E-state index in [1.165, 1.54) is 5.56 Å². The normalized spacial score (nSPS) is 14.7. The van der Waals surface area contributed by atoms with Crippen LogP contribution in [0.2, 0.25) is 0 Å². The number of rotatable bonds is 6. The molecule has 1 aliphatic heterocycles. The maximum absolute atomic E-state index is 12.6. The number of nitrogens with zero attached hydrogens (tertiary/aromatic N) is 3. The molecule has 3 heterocycles. The molecule has 0 atom stereocenters. The molecule has 2 aromatic heterocycles. The molecule has 1 saturated heterocycles. The molecule has 1 aromatic carbocycles. The number of aromatic nitrogens is 2. The Balaban J connectivity index is 1.35. The van der Waals surface area contributed by atoms with E-state index in [1.807, 2.05) is 19.1 Å². The number of carbonyl (C=O) groups is 1. The Bertz CT molecular complexity index is 1010. The quantitative estimate of drug-likeness (QED) is 0.636. The largest absolute Gasteiger partial charge is 0.465 e. The number of carbonyl (C=O) groups excluding carboxylic acids is 1. The van der Waals surface area contributed by atoms with Crippen LogP contribution in [0.5, 0.6) is 0 Å². The van der Waals surface area contributed by atoms with E-state index < -0.39 is 0 Å². The third-order valence-corrected chi connectivity index (χ3v) is 6.22. The number of nitrogens with one attached hydrogen (secondary N) is 1. The van der Waals surface area contributed by atoms with Gasteiger partial charge in [0.25, 0.3) is 0 Å². The van der Waals surface area contributed by atoms with E-state index in [1.54, 1.807) is 24.2 Å². The minimum atomic E-state index is 0.0156. The zero-order valence-corrected chi connectivity index (χ0v) is 18.1. The summed E-state index contributed by atoms with van der Waals surface area (Å²) in [6, 6.07) is 12.2. The second-order valence-corrected chi connectivity index (χ2v) is 8.66. The van der Waals surface area contributed by atoms with Crippen molar-refractivity contribution in [1.29, 1.82) is 0 Å². The van der Waals surface area contributed by atoms with Gasteiger partial charge in [-0.25, -0.2) is 9.97 Å². The van der Waals surface area contributed by atoms with E-state index in [-0.39, 0.29) is 11.8 Å². The molecule has 0 aliphatic carbocycles. The molecule has 1 fully saturated rings. The van der Waals surface area contributed by atoms with Crippen molar-refractivity contribution in [2.75, 3.05) is 18.0 Å². The van der Waals surface area contributed by atoms with Crippen molar-refractivity contribution in [2.45, 2.75) is 43.2 Å². The molecule has 0 bridgehead atoms. The van der Waals surface area contributed by atoms with E-state index in [2.05, 4.69) is 51.4 Å². The molecular formula is C23H26N4O2S. The van der Waals surface area contributed by atoms with Gasteiger partial charge in [-0.05, 0) is 51.0 Å². The predicted molar refractivity (Wildman–Crippen MR) is 118 cm³/mol. The third-order valence-electron chi connectivity index (χ3n) is 5.25. The van der Waals surface area contributed by atoms with E-state index in [9.17, 15) is 4.79 Å². The fraction of sp³-hybridized carbons (Fsp3) is 0.348. The summed E-state index contributed by atoms with van der Waals surface area (Å²) < 4.78 is 5.52. The molecular weight excluding hydrogens is 396 g/mol. The van der Waals surface area contributed by atoms with Gasteiger partial charge in [-0.2, -0.15) is 0 Å². The van der Waals surface area contributed by atoms with Crippen molar-refractivity contribution in [1.82, 2.24) is 15.3 Å². The summed E-state index contributed by atoms with van der Waals surface area (Å²) in [7, 11) is 0. The van der Waals surface area contributed by atoms with Crippen molar-refractivity contribution >= 4 is 23.5 Å². The molecule has 0 unspecified atom stereocenters. The Morgan fingerprint density at radius 2 is 1.97 bits per heavy atom. The number of furan rings is 1. The molecule has 0 spiro atoms. The van der Waals surface area contributed by atoms with Gasteiger partial charge < -0.3 is 14.6 Å². The summed E-state index contributed by atoms with van der Waals surface area (Å²) in [4.78, 5) is 25.1. The zero-order chi connectivity index (χ0) is 20.9. The number of piperidine rings is 1. The van der Waals surface area contributed by atoms with Crippen molar-refractivity contribution in [3.63, 3.8) is 0 Å². The van der Waals surface area contributed by atoms with Crippen LogP contribution in [0.1, 0.15) is 29.9 Å². The highest BCUT2D eigenvalue weighted by Crippen LogP contribution is 2.34. The lowest BCUT2D eigenvalue weighted by atomic mass is 9.96. The summed E-state index contributed by atoms with van der Waals surface area (Å²) in [6.07, 6.45) is 5.07. The van der Waals surface area contributed by atoms with Gasteiger partial charge in [0.05, 0.1) is 6.54 Å². The van der Waals surface area contributed by atoms with E-state index in [0.717, 1.165) is 53.2 Å². The molecule has 1 amide bonds. The summed E-state index contributed by atoms with van der Waals surface area (Å²) >= 11 is 1.63. The van der Waals surface area contributed by atoms with Crippen LogP contribution in [0.25, 0.3) is 0 Å². The van der Waals surface area contributed by atoms with Crippen molar-refractivity contribution in [3.05, 3.63) is 65.9 Å². The third kappa shape index (κ3) is 5.02. The first-order valence-corrected chi connectivity index (χ1v) is 11.0. The number of hydrogen-bond acceptors (Lipinski definition) is 6. The predicted octanol–water partition coefficient (Wildman–Crippen LogP) is 4.37.